The molecule has 2 atom stereocenters. The standard InChI is InChI=1S/C88H98BN3/c1-80(2,3)57-36-39-72(61(46-57)55-30-22-20-23-31-55)90-75-53-66-65(83(10,11)44-45-84(66,12)13)51-70(75)89-71-52-67-68(86(16,17)64-35-27-26-34-63(64)85(67,14)15)54-76(71)91(73-40-37-58(81(4,5)6)47-62(73)56-32-24-21-25-33-56)78-50-60(49-77(90)79(78)89)92-74-41-38-59(82(7,8)9)48-69(74)87(18)42-28-29-43-88(87,92)19/h20-27,30-41,46-54H,28-29,42-45H2,1-19H3. The van der Waals surface area contributed by atoms with E-state index in [1.165, 1.54) is 153 Å². The molecule has 4 heteroatoms. The summed E-state index contributed by atoms with van der Waals surface area (Å²) in [5.74, 6) is 0. The van der Waals surface area contributed by atoms with Crippen LogP contribution in [0.4, 0.5) is 45.5 Å². The maximum atomic E-state index is 2.89. The molecular weight excluding hydrogens is 1110 g/mol. The van der Waals surface area contributed by atoms with E-state index in [0.29, 0.717) is 0 Å². The zero-order chi connectivity index (χ0) is 65.0. The molecule has 0 N–H and O–H groups in total. The van der Waals surface area contributed by atoms with Crippen molar-refractivity contribution in [1.29, 1.82) is 0 Å². The highest BCUT2D eigenvalue weighted by atomic mass is 15.3. The Hall–Kier alpha value is -7.56. The Morgan fingerprint density at radius 2 is 0.739 bits per heavy atom. The summed E-state index contributed by atoms with van der Waals surface area (Å²) in [6.45, 7) is 46.6. The largest absolute Gasteiger partial charge is 0.334 e. The number of hydrogen-bond acceptors (Lipinski definition) is 3. The molecule has 3 aliphatic heterocycles. The van der Waals surface area contributed by atoms with E-state index in [2.05, 4.69) is 322 Å². The molecular formula is C88H98BN3. The van der Waals surface area contributed by atoms with Crippen LogP contribution in [0.2, 0.25) is 0 Å². The van der Waals surface area contributed by atoms with Crippen LogP contribution in [0.3, 0.4) is 0 Å². The van der Waals surface area contributed by atoms with Crippen LogP contribution in [0.5, 0.6) is 0 Å². The molecule has 468 valence electrons. The predicted octanol–water partition coefficient (Wildman–Crippen LogP) is 22.1. The summed E-state index contributed by atoms with van der Waals surface area (Å²) in [7, 11) is 0. The lowest BCUT2D eigenvalue weighted by atomic mass is 9.32. The van der Waals surface area contributed by atoms with Crippen molar-refractivity contribution in [2.75, 3.05) is 14.7 Å². The van der Waals surface area contributed by atoms with Gasteiger partial charge in [0.1, 0.15) is 0 Å². The fourth-order valence-corrected chi connectivity index (χ4v) is 18.3. The van der Waals surface area contributed by atoms with Crippen molar-refractivity contribution < 1.29 is 0 Å². The molecule has 9 aromatic carbocycles. The first-order chi connectivity index (χ1) is 43.3. The second-order valence-electron chi connectivity index (χ2n) is 34.8. The molecule has 0 bridgehead atoms. The lowest BCUT2D eigenvalue weighted by molar-refractivity contribution is 0.195. The molecule has 3 aliphatic carbocycles. The van der Waals surface area contributed by atoms with E-state index in [0.717, 1.165) is 25.7 Å². The van der Waals surface area contributed by atoms with Gasteiger partial charge in [-0.3, -0.25) is 0 Å². The Morgan fingerprint density at radius 1 is 0.337 bits per heavy atom. The minimum atomic E-state index is -0.290. The van der Waals surface area contributed by atoms with Crippen LogP contribution in [0.15, 0.2) is 176 Å². The summed E-state index contributed by atoms with van der Waals surface area (Å²) in [5.41, 5.74) is 32.3. The maximum Gasteiger partial charge on any atom is 0.252 e. The van der Waals surface area contributed by atoms with Crippen molar-refractivity contribution in [3.63, 3.8) is 0 Å². The number of hydrogen-bond donors (Lipinski definition) is 0. The Kier molecular flexibility index (Phi) is 13.2. The van der Waals surface area contributed by atoms with Gasteiger partial charge in [-0.05, 0) is 197 Å². The first-order valence-electron chi connectivity index (χ1n) is 34.9. The molecule has 0 spiro atoms. The normalized spacial score (nSPS) is 21.1. The summed E-state index contributed by atoms with van der Waals surface area (Å²) in [6, 6.07) is 70.9. The van der Waals surface area contributed by atoms with Gasteiger partial charge in [0.15, 0.2) is 0 Å². The molecule has 0 saturated heterocycles. The number of rotatable bonds is 5. The average Bonchev–Trinajstić information content (AvgIpc) is 0.893. The fraction of sp³-hybridized carbons (Fsp3) is 0.386. The van der Waals surface area contributed by atoms with Gasteiger partial charge in [-0.15, -0.1) is 0 Å². The Balaban J connectivity index is 1.15. The summed E-state index contributed by atoms with van der Waals surface area (Å²) in [6.07, 6.45) is 6.94. The van der Waals surface area contributed by atoms with Gasteiger partial charge in [0, 0.05) is 61.5 Å². The van der Waals surface area contributed by atoms with E-state index in [1.54, 1.807) is 0 Å². The van der Waals surface area contributed by atoms with Crippen molar-refractivity contribution >= 4 is 68.6 Å². The van der Waals surface area contributed by atoms with Crippen LogP contribution in [-0.4, -0.2) is 12.3 Å². The summed E-state index contributed by atoms with van der Waals surface area (Å²) in [4.78, 5) is 8.48. The van der Waals surface area contributed by atoms with Gasteiger partial charge in [0.2, 0.25) is 0 Å². The minimum Gasteiger partial charge on any atom is -0.334 e. The molecule has 3 heterocycles. The van der Waals surface area contributed by atoms with Crippen LogP contribution < -0.4 is 31.1 Å². The van der Waals surface area contributed by atoms with Crippen molar-refractivity contribution in [2.24, 2.45) is 0 Å². The quantitative estimate of drug-likeness (QED) is 0.159. The maximum absolute atomic E-state index is 2.89. The molecule has 0 amide bonds. The molecule has 15 rings (SSSR count). The molecule has 0 aromatic heterocycles. The topological polar surface area (TPSA) is 9.72 Å². The van der Waals surface area contributed by atoms with Crippen LogP contribution in [-0.2, 0) is 43.3 Å². The van der Waals surface area contributed by atoms with Crippen LogP contribution in [0, 0.1) is 0 Å². The second-order valence-corrected chi connectivity index (χ2v) is 34.8. The van der Waals surface area contributed by atoms with Gasteiger partial charge < -0.3 is 14.7 Å². The second kappa shape index (κ2) is 20.0. The van der Waals surface area contributed by atoms with Gasteiger partial charge in [0.05, 0.1) is 16.9 Å². The molecule has 3 nitrogen and oxygen atoms in total. The summed E-state index contributed by atoms with van der Waals surface area (Å²) in [5, 5.41) is 0. The predicted molar refractivity (Wildman–Crippen MR) is 396 cm³/mol. The van der Waals surface area contributed by atoms with E-state index >= 15 is 0 Å². The van der Waals surface area contributed by atoms with Gasteiger partial charge in [-0.25, -0.2) is 0 Å². The molecule has 0 radical (unpaired) electrons. The zero-order valence-corrected chi connectivity index (χ0v) is 58.9. The number of anilines is 8. The highest BCUT2D eigenvalue weighted by Gasteiger charge is 2.59. The van der Waals surface area contributed by atoms with E-state index in [4.69, 9.17) is 0 Å². The lowest BCUT2D eigenvalue weighted by Gasteiger charge is -2.52. The lowest BCUT2D eigenvalue weighted by Crippen LogP contribution is -2.62. The van der Waals surface area contributed by atoms with Crippen LogP contribution in [0.1, 0.15) is 226 Å². The van der Waals surface area contributed by atoms with Crippen molar-refractivity contribution in [1.82, 2.24) is 0 Å². The number of nitrogens with zero attached hydrogens (tertiary/aromatic N) is 3. The molecule has 1 fully saturated rings. The zero-order valence-electron chi connectivity index (χ0n) is 58.9. The summed E-state index contributed by atoms with van der Waals surface area (Å²) < 4.78 is 0. The number of fused-ring (bicyclic) bond motifs is 10. The highest BCUT2D eigenvalue weighted by Crippen LogP contribution is 2.63. The van der Waals surface area contributed by atoms with Gasteiger partial charge in [-0.2, -0.15) is 0 Å². The van der Waals surface area contributed by atoms with Crippen molar-refractivity contribution in [3.8, 4) is 22.3 Å². The van der Waals surface area contributed by atoms with E-state index in [9.17, 15) is 0 Å². The molecule has 1 saturated carbocycles. The summed E-state index contributed by atoms with van der Waals surface area (Å²) >= 11 is 0. The number of benzene rings is 9. The first kappa shape index (κ1) is 60.7. The molecule has 9 aromatic rings. The third kappa shape index (κ3) is 8.79. The smallest absolute Gasteiger partial charge is 0.252 e. The molecule has 92 heavy (non-hydrogen) atoms. The third-order valence-corrected chi connectivity index (χ3v) is 24.4. The Morgan fingerprint density at radius 3 is 1.22 bits per heavy atom. The van der Waals surface area contributed by atoms with E-state index in [1.807, 2.05) is 0 Å². The average molecular weight is 1210 g/mol. The van der Waals surface area contributed by atoms with Gasteiger partial charge >= 0.3 is 0 Å². The SMILES string of the molecule is CC(C)(C)c1ccc(N2c3cc4c(cc3B3c5cc6c(cc5N(c5ccc(C(C)(C)C)cc5-c5ccccc5)c5cc(N7c8ccc(C(C)(C)C)cc8C8(C)CCCCC78C)cc2c53)C(C)(C)c2ccccc2C6(C)C)C(C)(C)CCC4(C)C)c(-c2ccccc2)c1. The monoisotopic (exact) mass is 1210 g/mol. The van der Waals surface area contributed by atoms with E-state index < -0.39 is 0 Å². The molecule has 2 unspecified atom stereocenters. The Labute approximate surface area is 552 Å². The van der Waals surface area contributed by atoms with E-state index in [-0.39, 0.29) is 55.6 Å². The third-order valence-electron chi connectivity index (χ3n) is 24.4. The highest BCUT2D eigenvalue weighted by molar-refractivity contribution is 7.00. The molecule has 6 aliphatic rings. The minimum absolute atomic E-state index is 0.00267. The van der Waals surface area contributed by atoms with Crippen molar-refractivity contribution in [3.05, 3.63) is 232 Å². The Bertz CT molecular complexity index is 4520. The van der Waals surface area contributed by atoms with Crippen molar-refractivity contribution in [2.45, 2.75) is 219 Å². The fourth-order valence-electron chi connectivity index (χ4n) is 18.3. The van der Waals surface area contributed by atoms with Gasteiger partial charge in [0.25, 0.3) is 6.71 Å². The van der Waals surface area contributed by atoms with Gasteiger partial charge in [-0.1, -0.05) is 259 Å². The van der Waals surface area contributed by atoms with Crippen LogP contribution >= 0.6 is 0 Å². The van der Waals surface area contributed by atoms with Crippen LogP contribution in [0.25, 0.3) is 22.3 Å². The first-order valence-corrected chi connectivity index (χ1v) is 34.9.